The summed E-state index contributed by atoms with van der Waals surface area (Å²) < 4.78 is 0. The summed E-state index contributed by atoms with van der Waals surface area (Å²) in [5, 5.41) is 12.6. The zero-order valence-electron chi connectivity index (χ0n) is 12.5. The minimum atomic E-state index is -1.15. The van der Waals surface area contributed by atoms with Gasteiger partial charge in [-0.1, -0.05) is 43.1 Å². The molecule has 1 aromatic rings. The van der Waals surface area contributed by atoms with Gasteiger partial charge in [-0.05, 0) is 31.4 Å². The van der Waals surface area contributed by atoms with E-state index in [2.05, 4.69) is 5.32 Å². The second kappa shape index (κ2) is 6.67. The van der Waals surface area contributed by atoms with Crippen molar-refractivity contribution in [3.05, 3.63) is 27.7 Å². The van der Waals surface area contributed by atoms with Gasteiger partial charge in [-0.2, -0.15) is 0 Å². The zero-order valence-corrected chi connectivity index (χ0v) is 14.0. The number of carbonyl (C=O) groups excluding carboxylic acids is 1. The summed E-state index contributed by atoms with van der Waals surface area (Å²) in [5.41, 5.74) is -0.0478. The molecular weight excluding hydrogens is 313 g/mol. The van der Waals surface area contributed by atoms with Gasteiger partial charge in [0, 0.05) is 6.42 Å². The molecule has 0 spiro atoms. The number of aliphatic carboxylic acids is 1. The summed E-state index contributed by atoms with van der Waals surface area (Å²) >= 11 is 12.1. The molecule has 1 atom stereocenters. The fraction of sp³-hybridized carbons (Fsp3) is 0.467. The van der Waals surface area contributed by atoms with E-state index >= 15 is 0 Å². The van der Waals surface area contributed by atoms with Crippen LogP contribution in [0.3, 0.4) is 0 Å². The van der Waals surface area contributed by atoms with Gasteiger partial charge in [-0.15, -0.1) is 0 Å². The topological polar surface area (TPSA) is 66.4 Å². The van der Waals surface area contributed by atoms with Crippen LogP contribution in [-0.4, -0.2) is 17.0 Å². The maximum absolute atomic E-state index is 12.2. The van der Waals surface area contributed by atoms with Crippen molar-refractivity contribution in [2.75, 3.05) is 5.32 Å². The molecule has 0 aliphatic carbocycles. The van der Waals surface area contributed by atoms with E-state index in [1.54, 1.807) is 39.8 Å². The Balaban J connectivity index is 2.98. The van der Waals surface area contributed by atoms with Crippen LogP contribution in [0.25, 0.3) is 0 Å². The van der Waals surface area contributed by atoms with Gasteiger partial charge in [0.2, 0.25) is 5.91 Å². The van der Waals surface area contributed by atoms with E-state index in [-0.39, 0.29) is 12.3 Å². The highest BCUT2D eigenvalue weighted by Gasteiger charge is 2.39. The number of halogens is 2. The van der Waals surface area contributed by atoms with Gasteiger partial charge in [-0.3, -0.25) is 9.59 Å². The highest BCUT2D eigenvalue weighted by atomic mass is 35.5. The lowest BCUT2D eigenvalue weighted by molar-refractivity contribution is -0.153. The molecule has 4 nitrogen and oxygen atoms in total. The van der Waals surface area contributed by atoms with E-state index < -0.39 is 17.3 Å². The predicted octanol–water partition coefficient (Wildman–Crippen LogP) is 4.38. The molecule has 0 fully saturated rings. The SMILES string of the molecule is Cc1ccc(Cl)c(NC(=O)CC(C)(C(=O)O)C(C)C)c1Cl. The largest absolute Gasteiger partial charge is 0.481 e. The van der Waals surface area contributed by atoms with E-state index in [9.17, 15) is 14.7 Å². The molecule has 1 aromatic carbocycles. The van der Waals surface area contributed by atoms with Crippen molar-refractivity contribution in [3.63, 3.8) is 0 Å². The van der Waals surface area contributed by atoms with Gasteiger partial charge in [0.25, 0.3) is 0 Å². The lowest BCUT2D eigenvalue weighted by Gasteiger charge is -2.28. The Bertz CT molecular complexity index is 572. The van der Waals surface area contributed by atoms with Crippen molar-refractivity contribution in [2.24, 2.45) is 11.3 Å². The molecule has 0 aliphatic rings. The van der Waals surface area contributed by atoms with Crippen LogP contribution < -0.4 is 5.32 Å². The maximum atomic E-state index is 12.2. The second-order valence-electron chi connectivity index (χ2n) is 5.66. The van der Waals surface area contributed by atoms with Crippen molar-refractivity contribution < 1.29 is 14.7 Å². The number of carboxylic acid groups (broad SMARTS) is 1. The monoisotopic (exact) mass is 331 g/mol. The highest BCUT2D eigenvalue weighted by molar-refractivity contribution is 6.40. The molecule has 1 amide bonds. The third-order valence-corrected chi connectivity index (χ3v) is 4.64. The van der Waals surface area contributed by atoms with Crippen LogP contribution >= 0.6 is 23.2 Å². The molecule has 1 rings (SSSR count). The third-order valence-electron chi connectivity index (χ3n) is 3.84. The van der Waals surface area contributed by atoms with Gasteiger partial charge in [0.05, 0.1) is 21.1 Å². The average molecular weight is 332 g/mol. The van der Waals surface area contributed by atoms with E-state index in [4.69, 9.17) is 23.2 Å². The highest BCUT2D eigenvalue weighted by Crippen LogP contribution is 2.35. The number of carboxylic acids is 1. The Kier molecular flexibility index (Phi) is 5.65. The van der Waals surface area contributed by atoms with Crippen LogP contribution in [0.5, 0.6) is 0 Å². The van der Waals surface area contributed by atoms with Crippen molar-refractivity contribution in [1.29, 1.82) is 0 Å². The quantitative estimate of drug-likeness (QED) is 0.841. The average Bonchev–Trinajstić information content (AvgIpc) is 2.38. The fourth-order valence-corrected chi connectivity index (χ4v) is 2.28. The molecule has 0 saturated heterocycles. The summed E-state index contributed by atoms with van der Waals surface area (Å²) in [6, 6.07) is 3.38. The van der Waals surface area contributed by atoms with Crippen LogP contribution in [0.2, 0.25) is 10.0 Å². The normalized spacial score (nSPS) is 13.9. The van der Waals surface area contributed by atoms with Crippen LogP contribution in [0.1, 0.15) is 32.8 Å². The van der Waals surface area contributed by atoms with Crippen molar-refractivity contribution in [2.45, 2.75) is 34.1 Å². The Morgan fingerprint density at radius 1 is 1.33 bits per heavy atom. The number of carbonyl (C=O) groups is 2. The molecule has 1 unspecified atom stereocenters. The number of hydrogen-bond acceptors (Lipinski definition) is 2. The summed E-state index contributed by atoms with van der Waals surface area (Å²) in [7, 11) is 0. The maximum Gasteiger partial charge on any atom is 0.310 e. The van der Waals surface area contributed by atoms with E-state index in [1.807, 2.05) is 0 Å². The first kappa shape index (κ1) is 17.8. The van der Waals surface area contributed by atoms with E-state index in [1.165, 1.54) is 0 Å². The number of amides is 1. The third kappa shape index (κ3) is 3.89. The van der Waals surface area contributed by atoms with E-state index in [0.717, 1.165) is 5.56 Å². The van der Waals surface area contributed by atoms with Crippen LogP contribution in [0.4, 0.5) is 5.69 Å². The van der Waals surface area contributed by atoms with Gasteiger partial charge >= 0.3 is 5.97 Å². The molecule has 116 valence electrons. The Morgan fingerprint density at radius 2 is 1.90 bits per heavy atom. The molecule has 21 heavy (non-hydrogen) atoms. The summed E-state index contributed by atoms with van der Waals surface area (Å²) in [6.07, 6.45) is -0.152. The molecule has 0 radical (unpaired) electrons. The molecule has 0 bridgehead atoms. The molecule has 6 heteroatoms. The minimum Gasteiger partial charge on any atom is -0.481 e. The first-order valence-corrected chi connectivity index (χ1v) is 7.33. The zero-order chi connectivity index (χ0) is 16.4. The van der Waals surface area contributed by atoms with Gasteiger partial charge in [-0.25, -0.2) is 0 Å². The second-order valence-corrected chi connectivity index (χ2v) is 6.44. The van der Waals surface area contributed by atoms with Crippen molar-refractivity contribution in [3.8, 4) is 0 Å². The number of hydrogen-bond donors (Lipinski definition) is 2. The molecular formula is C15H19Cl2NO3. The Labute approximate surface area is 134 Å². The molecule has 0 saturated carbocycles. The molecule has 0 aromatic heterocycles. The van der Waals surface area contributed by atoms with Crippen molar-refractivity contribution >= 4 is 40.8 Å². The van der Waals surface area contributed by atoms with Gasteiger partial charge in [0.1, 0.15) is 0 Å². The number of rotatable bonds is 5. The Morgan fingerprint density at radius 3 is 2.38 bits per heavy atom. The number of benzene rings is 1. The first-order valence-electron chi connectivity index (χ1n) is 6.57. The van der Waals surface area contributed by atoms with Crippen molar-refractivity contribution in [1.82, 2.24) is 0 Å². The first-order chi connectivity index (χ1) is 9.59. The van der Waals surface area contributed by atoms with E-state index in [0.29, 0.717) is 15.7 Å². The molecule has 0 heterocycles. The summed E-state index contributed by atoms with van der Waals surface area (Å²) in [6.45, 7) is 6.89. The molecule has 2 N–H and O–H groups in total. The number of nitrogens with one attached hydrogen (secondary N) is 1. The lowest BCUT2D eigenvalue weighted by atomic mass is 9.76. The van der Waals surface area contributed by atoms with Crippen LogP contribution in [-0.2, 0) is 9.59 Å². The van der Waals surface area contributed by atoms with Crippen LogP contribution in [0.15, 0.2) is 12.1 Å². The van der Waals surface area contributed by atoms with Crippen LogP contribution in [0, 0.1) is 18.3 Å². The minimum absolute atomic E-state index is 0.152. The number of anilines is 1. The molecule has 0 aliphatic heterocycles. The lowest BCUT2D eigenvalue weighted by Crippen LogP contribution is -2.37. The number of aryl methyl sites for hydroxylation is 1. The summed E-state index contributed by atoms with van der Waals surface area (Å²) in [4.78, 5) is 23.6. The fourth-order valence-electron chi connectivity index (χ4n) is 1.82. The Hall–Kier alpha value is -1.26. The predicted molar refractivity (Wildman–Crippen MR) is 85.0 cm³/mol. The standard InChI is InChI=1S/C15H19Cl2NO3/c1-8(2)15(4,14(20)21)7-11(19)18-13-10(16)6-5-9(3)12(13)17/h5-6,8H,7H2,1-4H3,(H,18,19)(H,20,21). The van der Waals surface area contributed by atoms with Gasteiger partial charge < -0.3 is 10.4 Å². The van der Waals surface area contributed by atoms with Gasteiger partial charge in [0.15, 0.2) is 0 Å². The smallest absolute Gasteiger partial charge is 0.310 e. The summed E-state index contributed by atoms with van der Waals surface area (Å²) in [5.74, 6) is -1.62.